The Kier molecular flexibility index (Phi) is 4.65. The first-order valence-corrected chi connectivity index (χ1v) is 7.27. The summed E-state index contributed by atoms with van der Waals surface area (Å²) >= 11 is 0. The van der Waals surface area contributed by atoms with E-state index in [0.29, 0.717) is 0 Å². The maximum atomic E-state index is 6.61. The zero-order chi connectivity index (χ0) is 12.8. The van der Waals surface area contributed by atoms with E-state index in [1.807, 2.05) is 12.1 Å². The summed E-state index contributed by atoms with van der Waals surface area (Å²) in [5.41, 5.74) is 7.64. The van der Waals surface area contributed by atoms with Gasteiger partial charge in [-0.15, -0.1) is 0 Å². The van der Waals surface area contributed by atoms with Gasteiger partial charge in [-0.25, -0.2) is 0 Å². The van der Waals surface area contributed by atoms with E-state index in [2.05, 4.69) is 19.1 Å². The number of hydrogen-bond donors (Lipinski definition) is 1. The summed E-state index contributed by atoms with van der Waals surface area (Å²) in [5.74, 6) is 0.986. The molecule has 0 bridgehead atoms. The van der Waals surface area contributed by atoms with Gasteiger partial charge in [-0.3, -0.25) is 0 Å². The Morgan fingerprint density at radius 2 is 1.94 bits per heavy atom. The number of para-hydroxylation sites is 1. The van der Waals surface area contributed by atoms with Crippen molar-refractivity contribution >= 4 is 0 Å². The Balaban J connectivity index is 1.95. The van der Waals surface area contributed by atoms with Crippen LogP contribution in [0.15, 0.2) is 24.3 Å². The molecule has 1 aliphatic rings. The van der Waals surface area contributed by atoms with Gasteiger partial charge in [-0.2, -0.15) is 0 Å². The Hall–Kier alpha value is -1.02. The van der Waals surface area contributed by atoms with E-state index in [0.717, 1.165) is 25.2 Å². The molecule has 0 radical (unpaired) electrons. The SMILES string of the molecule is CCCCCCCC1(N)CCOc2ccccc21. The third-order valence-electron chi connectivity index (χ3n) is 3.96. The molecule has 1 atom stereocenters. The Bertz CT molecular complexity index is 377. The minimum absolute atomic E-state index is 0.166. The predicted molar refractivity (Wildman–Crippen MR) is 75.8 cm³/mol. The van der Waals surface area contributed by atoms with E-state index in [1.54, 1.807) is 0 Å². The molecule has 2 heteroatoms. The number of benzene rings is 1. The van der Waals surface area contributed by atoms with Crippen molar-refractivity contribution < 1.29 is 4.74 Å². The summed E-state index contributed by atoms with van der Waals surface area (Å²) in [7, 11) is 0. The first kappa shape index (κ1) is 13.4. The normalized spacial score (nSPS) is 22.3. The van der Waals surface area contributed by atoms with Gasteiger partial charge < -0.3 is 10.5 Å². The predicted octanol–water partition coefficient (Wildman–Crippen LogP) is 3.98. The smallest absolute Gasteiger partial charge is 0.124 e. The summed E-state index contributed by atoms with van der Waals surface area (Å²) in [4.78, 5) is 0. The summed E-state index contributed by atoms with van der Waals surface area (Å²) in [6, 6.07) is 8.24. The van der Waals surface area contributed by atoms with E-state index in [4.69, 9.17) is 10.5 Å². The van der Waals surface area contributed by atoms with Gasteiger partial charge in [-0.05, 0) is 12.5 Å². The van der Waals surface area contributed by atoms with Crippen LogP contribution < -0.4 is 10.5 Å². The van der Waals surface area contributed by atoms with Crippen molar-refractivity contribution in [2.24, 2.45) is 5.73 Å². The molecule has 1 heterocycles. The lowest BCUT2D eigenvalue weighted by atomic mass is 9.81. The molecule has 100 valence electrons. The molecule has 0 fully saturated rings. The van der Waals surface area contributed by atoms with E-state index in [-0.39, 0.29) is 5.54 Å². The van der Waals surface area contributed by atoms with Crippen LogP contribution in [0.25, 0.3) is 0 Å². The topological polar surface area (TPSA) is 35.2 Å². The summed E-state index contributed by atoms with van der Waals surface area (Å²) < 4.78 is 5.68. The number of unbranched alkanes of at least 4 members (excludes halogenated alkanes) is 4. The van der Waals surface area contributed by atoms with Gasteiger partial charge in [0.2, 0.25) is 0 Å². The number of rotatable bonds is 6. The van der Waals surface area contributed by atoms with Gasteiger partial charge in [0.1, 0.15) is 5.75 Å². The van der Waals surface area contributed by atoms with Crippen molar-refractivity contribution in [1.82, 2.24) is 0 Å². The van der Waals surface area contributed by atoms with Crippen molar-refractivity contribution in [2.75, 3.05) is 6.61 Å². The van der Waals surface area contributed by atoms with Crippen LogP contribution in [0.5, 0.6) is 5.75 Å². The molecule has 1 aromatic rings. The second-order valence-corrected chi connectivity index (χ2v) is 5.41. The second-order valence-electron chi connectivity index (χ2n) is 5.41. The molecule has 2 nitrogen and oxygen atoms in total. The van der Waals surface area contributed by atoms with E-state index < -0.39 is 0 Å². The number of nitrogens with two attached hydrogens (primary N) is 1. The van der Waals surface area contributed by atoms with E-state index in [1.165, 1.54) is 37.7 Å². The Morgan fingerprint density at radius 3 is 2.78 bits per heavy atom. The van der Waals surface area contributed by atoms with Crippen LogP contribution in [0, 0.1) is 0 Å². The largest absolute Gasteiger partial charge is 0.493 e. The zero-order valence-electron chi connectivity index (χ0n) is 11.5. The first-order chi connectivity index (χ1) is 8.76. The third-order valence-corrected chi connectivity index (χ3v) is 3.96. The fourth-order valence-corrected chi connectivity index (χ4v) is 2.79. The van der Waals surface area contributed by atoms with Crippen LogP contribution in [-0.2, 0) is 5.54 Å². The van der Waals surface area contributed by atoms with Crippen LogP contribution in [0.2, 0.25) is 0 Å². The molecule has 1 aromatic carbocycles. The van der Waals surface area contributed by atoms with Gasteiger partial charge in [-0.1, -0.05) is 57.2 Å². The molecule has 1 unspecified atom stereocenters. The van der Waals surface area contributed by atoms with Gasteiger partial charge in [0, 0.05) is 17.5 Å². The van der Waals surface area contributed by atoms with Crippen LogP contribution in [0.4, 0.5) is 0 Å². The molecule has 0 amide bonds. The summed E-state index contributed by atoms with van der Waals surface area (Å²) in [6.07, 6.45) is 8.53. The molecular weight excluding hydrogens is 222 g/mol. The third kappa shape index (κ3) is 3.05. The molecule has 1 aliphatic heterocycles. The number of ether oxygens (including phenoxy) is 1. The molecule has 2 rings (SSSR count). The lowest BCUT2D eigenvalue weighted by molar-refractivity contribution is 0.205. The van der Waals surface area contributed by atoms with Crippen LogP contribution in [0.1, 0.15) is 57.4 Å². The van der Waals surface area contributed by atoms with Crippen LogP contribution >= 0.6 is 0 Å². The lowest BCUT2D eigenvalue weighted by Crippen LogP contribution is -2.41. The average molecular weight is 247 g/mol. The monoisotopic (exact) mass is 247 g/mol. The van der Waals surface area contributed by atoms with Gasteiger partial charge in [0.05, 0.1) is 6.61 Å². The lowest BCUT2D eigenvalue weighted by Gasteiger charge is -2.35. The average Bonchev–Trinajstić information content (AvgIpc) is 2.39. The van der Waals surface area contributed by atoms with E-state index in [9.17, 15) is 0 Å². The maximum Gasteiger partial charge on any atom is 0.124 e. The molecular formula is C16H25NO. The standard InChI is InChI=1S/C16H25NO/c1-2-3-4-5-8-11-16(17)12-13-18-15-10-7-6-9-14(15)16/h6-7,9-10H,2-5,8,11-13,17H2,1H3. The maximum absolute atomic E-state index is 6.61. The molecule has 2 N–H and O–H groups in total. The highest BCUT2D eigenvalue weighted by Gasteiger charge is 2.32. The molecule has 18 heavy (non-hydrogen) atoms. The highest BCUT2D eigenvalue weighted by atomic mass is 16.5. The van der Waals surface area contributed by atoms with E-state index >= 15 is 0 Å². The van der Waals surface area contributed by atoms with Crippen molar-refractivity contribution in [3.05, 3.63) is 29.8 Å². The molecule has 0 spiro atoms. The summed E-state index contributed by atoms with van der Waals surface area (Å²) in [6.45, 7) is 3.00. The second kappa shape index (κ2) is 6.24. The van der Waals surface area contributed by atoms with Crippen molar-refractivity contribution in [3.63, 3.8) is 0 Å². The fourth-order valence-electron chi connectivity index (χ4n) is 2.79. The first-order valence-electron chi connectivity index (χ1n) is 7.27. The minimum atomic E-state index is -0.166. The Morgan fingerprint density at radius 1 is 1.17 bits per heavy atom. The van der Waals surface area contributed by atoms with Crippen molar-refractivity contribution in [1.29, 1.82) is 0 Å². The molecule has 0 saturated heterocycles. The highest BCUT2D eigenvalue weighted by molar-refractivity contribution is 5.40. The zero-order valence-corrected chi connectivity index (χ0v) is 11.5. The molecule has 0 aliphatic carbocycles. The van der Waals surface area contributed by atoms with Crippen LogP contribution in [-0.4, -0.2) is 6.61 Å². The van der Waals surface area contributed by atoms with Crippen molar-refractivity contribution in [2.45, 2.75) is 57.4 Å². The quantitative estimate of drug-likeness (QED) is 0.772. The fraction of sp³-hybridized carbons (Fsp3) is 0.625. The number of hydrogen-bond acceptors (Lipinski definition) is 2. The highest BCUT2D eigenvalue weighted by Crippen LogP contribution is 2.38. The van der Waals surface area contributed by atoms with Gasteiger partial charge in [0.25, 0.3) is 0 Å². The minimum Gasteiger partial charge on any atom is -0.493 e. The summed E-state index contributed by atoms with van der Waals surface area (Å²) in [5, 5.41) is 0. The molecule has 0 saturated carbocycles. The van der Waals surface area contributed by atoms with Crippen LogP contribution in [0.3, 0.4) is 0 Å². The molecule has 0 aromatic heterocycles. The number of fused-ring (bicyclic) bond motifs is 1. The Labute approximate surface area is 111 Å². The van der Waals surface area contributed by atoms with Gasteiger partial charge >= 0.3 is 0 Å². The van der Waals surface area contributed by atoms with Gasteiger partial charge in [0.15, 0.2) is 0 Å². The van der Waals surface area contributed by atoms with Crippen molar-refractivity contribution in [3.8, 4) is 5.75 Å².